The minimum atomic E-state index is 0.00333. The Morgan fingerprint density at radius 2 is 2.12 bits per heavy atom. The van der Waals surface area contributed by atoms with Crippen LogP contribution >= 0.6 is 0 Å². The molecule has 16 heavy (non-hydrogen) atoms. The molecule has 4 nitrogen and oxygen atoms in total. The summed E-state index contributed by atoms with van der Waals surface area (Å²) in [5.41, 5.74) is 0. The number of carbonyl (C=O) groups excluding carboxylic acids is 1. The number of nitrogens with zero attached hydrogens (tertiary/aromatic N) is 2. The van der Waals surface area contributed by atoms with Gasteiger partial charge in [-0.05, 0) is 19.2 Å². The predicted octanol–water partition coefficient (Wildman–Crippen LogP) is 0.742. The van der Waals surface area contributed by atoms with Crippen LogP contribution in [0.25, 0.3) is 0 Å². The van der Waals surface area contributed by atoms with Gasteiger partial charge in [-0.15, -0.1) is 0 Å². The Kier molecular flexibility index (Phi) is 5.49. The molecule has 1 fully saturated rings. The summed E-state index contributed by atoms with van der Waals surface area (Å²) in [6.07, 6.45) is 1.58. The lowest BCUT2D eigenvalue weighted by atomic mass is 10.1. The number of hydrogen-bond acceptors (Lipinski definition) is 3. The molecule has 1 aliphatic rings. The van der Waals surface area contributed by atoms with Gasteiger partial charge in [-0.2, -0.15) is 0 Å². The maximum absolute atomic E-state index is 11.2. The maximum Gasteiger partial charge on any atom is 0.246 e. The van der Waals surface area contributed by atoms with Crippen LogP contribution in [-0.2, 0) is 9.53 Å². The zero-order valence-electron chi connectivity index (χ0n) is 10.3. The van der Waals surface area contributed by atoms with Crippen molar-refractivity contribution in [3.8, 4) is 0 Å². The zero-order valence-corrected chi connectivity index (χ0v) is 10.3. The minimum Gasteiger partial charge on any atom is -0.373 e. The van der Waals surface area contributed by atoms with E-state index in [1.54, 1.807) is 4.90 Å². The van der Waals surface area contributed by atoms with Gasteiger partial charge in [-0.1, -0.05) is 20.4 Å². The molecule has 1 heterocycles. The number of rotatable bonds is 7. The number of carbonyl (C=O) groups is 1. The summed E-state index contributed by atoms with van der Waals surface area (Å²) >= 11 is 0. The van der Waals surface area contributed by atoms with E-state index >= 15 is 0 Å². The molecule has 0 aromatic carbocycles. The molecule has 0 N–H and O–H groups in total. The average molecular weight is 226 g/mol. The molecular weight excluding hydrogens is 204 g/mol. The minimum absolute atomic E-state index is 0.00333. The van der Waals surface area contributed by atoms with Gasteiger partial charge in [0.1, 0.15) is 0 Å². The van der Waals surface area contributed by atoms with Crippen LogP contribution in [0.3, 0.4) is 0 Å². The molecule has 0 unspecified atom stereocenters. The molecule has 92 valence electrons. The van der Waals surface area contributed by atoms with Gasteiger partial charge in [0.25, 0.3) is 0 Å². The molecule has 1 saturated heterocycles. The standard InChI is InChI=1S/C12H22N2O2/c1-4-12(15)14-9-11(10-14)16-8-7-13(5-2)6-3/h4,11H,1,5-10H2,2-3H3. The van der Waals surface area contributed by atoms with Crippen LogP contribution in [-0.4, -0.2) is 61.1 Å². The quantitative estimate of drug-likeness (QED) is 0.600. The van der Waals surface area contributed by atoms with Crippen LogP contribution in [0.5, 0.6) is 0 Å². The molecule has 1 amide bonds. The van der Waals surface area contributed by atoms with Gasteiger partial charge < -0.3 is 14.5 Å². The van der Waals surface area contributed by atoms with Gasteiger partial charge in [-0.3, -0.25) is 4.79 Å². The summed E-state index contributed by atoms with van der Waals surface area (Å²) in [6, 6.07) is 0. The van der Waals surface area contributed by atoms with Crippen molar-refractivity contribution in [3.63, 3.8) is 0 Å². The fourth-order valence-electron chi connectivity index (χ4n) is 1.74. The first-order valence-electron chi connectivity index (χ1n) is 5.96. The van der Waals surface area contributed by atoms with E-state index in [1.165, 1.54) is 6.08 Å². The van der Waals surface area contributed by atoms with Crippen molar-refractivity contribution in [1.82, 2.24) is 9.80 Å². The second-order valence-corrected chi connectivity index (χ2v) is 3.97. The predicted molar refractivity (Wildman–Crippen MR) is 64.3 cm³/mol. The molecule has 0 saturated carbocycles. The van der Waals surface area contributed by atoms with Crippen LogP contribution < -0.4 is 0 Å². The molecule has 0 aromatic heterocycles. The summed E-state index contributed by atoms with van der Waals surface area (Å²) in [5, 5.41) is 0. The highest BCUT2D eigenvalue weighted by Crippen LogP contribution is 2.11. The molecule has 0 bridgehead atoms. The van der Waals surface area contributed by atoms with Gasteiger partial charge in [0.05, 0.1) is 12.7 Å². The lowest BCUT2D eigenvalue weighted by molar-refractivity contribution is -0.139. The number of amides is 1. The first-order chi connectivity index (χ1) is 7.71. The van der Waals surface area contributed by atoms with Crippen LogP contribution in [0, 0.1) is 0 Å². The van der Waals surface area contributed by atoms with Crippen molar-refractivity contribution >= 4 is 5.91 Å². The van der Waals surface area contributed by atoms with E-state index in [1.807, 2.05) is 0 Å². The third-order valence-electron chi connectivity index (χ3n) is 2.99. The third-order valence-corrected chi connectivity index (χ3v) is 2.99. The van der Waals surface area contributed by atoms with E-state index in [4.69, 9.17) is 4.74 Å². The molecular formula is C12H22N2O2. The Labute approximate surface area is 97.9 Å². The van der Waals surface area contributed by atoms with Gasteiger partial charge in [0, 0.05) is 19.6 Å². The van der Waals surface area contributed by atoms with Crippen molar-refractivity contribution < 1.29 is 9.53 Å². The Bertz CT molecular complexity index is 233. The number of ether oxygens (including phenoxy) is 1. The van der Waals surface area contributed by atoms with Gasteiger partial charge in [-0.25, -0.2) is 0 Å². The van der Waals surface area contributed by atoms with Crippen molar-refractivity contribution in [1.29, 1.82) is 0 Å². The fraction of sp³-hybridized carbons (Fsp3) is 0.750. The molecule has 0 radical (unpaired) electrons. The van der Waals surface area contributed by atoms with Gasteiger partial charge >= 0.3 is 0 Å². The van der Waals surface area contributed by atoms with Gasteiger partial charge in [0.15, 0.2) is 0 Å². The smallest absolute Gasteiger partial charge is 0.246 e. The number of hydrogen-bond donors (Lipinski definition) is 0. The van der Waals surface area contributed by atoms with E-state index < -0.39 is 0 Å². The number of likely N-dealkylation sites (tertiary alicyclic amines) is 1. The van der Waals surface area contributed by atoms with Crippen molar-refractivity contribution in [3.05, 3.63) is 12.7 Å². The largest absolute Gasteiger partial charge is 0.373 e. The van der Waals surface area contributed by atoms with Crippen LogP contribution in [0.2, 0.25) is 0 Å². The van der Waals surface area contributed by atoms with Crippen molar-refractivity contribution in [2.75, 3.05) is 39.3 Å². The van der Waals surface area contributed by atoms with E-state index in [2.05, 4.69) is 25.3 Å². The highest BCUT2D eigenvalue weighted by atomic mass is 16.5. The molecule has 0 atom stereocenters. The lowest BCUT2D eigenvalue weighted by Crippen LogP contribution is -2.54. The normalized spacial score (nSPS) is 16.3. The first-order valence-corrected chi connectivity index (χ1v) is 5.96. The molecule has 1 aliphatic heterocycles. The Morgan fingerprint density at radius 3 is 2.62 bits per heavy atom. The van der Waals surface area contributed by atoms with E-state index in [9.17, 15) is 4.79 Å². The van der Waals surface area contributed by atoms with Crippen molar-refractivity contribution in [2.45, 2.75) is 20.0 Å². The second-order valence-electron chi connectivity index (χ2n) is 3.97. The fourth-order valence-corrected chi connectivity index (χ4v) is 1.74. The molecule has 0 spiro atoms. The Balaban J connectivity index is 2.05. The van der Waals surface area contributed by atoms with Crippen molar-refractivity contribution in [2.24, 2.45) is 0 Å². The van der Waals surface area contributed by atoms with Gasteiger partial charge in [0.2, 0.25) is 5.91 Å². The van der Waals surface area contributed by atoms with E-state index in [0.717, 1.165) is 26.2 Å². The summed E-state index contributed by atoms with van der Waals surface area (Å²) < 4.78 is 5.67. The number of likely N-dealkylation sites (N-methyl/N-ethyl adjacent to an activating group) is 1. The SMILES string of the molecule is C=CC(=O)N1CC(OCCN(CC)CC)C1. The summed E-state index contributed by atoms with van der Waals surface area (Å²) in [4.78, 5) is 15.2. The summed E-state index contributed by atoms with van der Waals surface area (Å²) in [6.45, 7) is 13.0. The Hall–Kier alpha value is -0.870. The zero-order chi connectivity index (χ0) is 12.0. The topological polar surface area (TPSA) is 32.8 Å². The first kappa shape index (κ1) is 13.2. The summed E-state index contributed by atoms with van der Waals surface area (Å²) in [5.74, 6) is 0.00333. The van der Waals surface area contributed by atoms with Crippen LogP contribution in [0.4, 0.5) is 0 Å². The average Bonchev–Trinajstić information content (AvgIpc) is 2.26. The maximum atomic E-state index is 11.2. The third kappa shape index (κ3) is 3.61. The van der Waals surface area contributed by atoms with E-state index in [0.29, 0.717) is 13.1 Å². The van der Waals surface area contributed by atoms with E-state index in [-0.39, 0.29) is 12.0 Å². The highest BCUT2D eigenvalue weighted by molar-refractivity contribution is 5.87. The highest BCUT2D eigenvalue weighted by Gasteiger charge is 2.29. The molecule has 0 aromatic rings. The van der Waals surface area contributed by atoms with Crippen LogP contribution in [0.1, 0.15) is 13.8 Å². The Morgan fingerprint density at radius 1 is 1.50 bits per heavy atom. The monoisotopic (exact) mass is 226 g/mol. The molecule has 1 rings (SSSR count). The van der Waals surface area contributed by atoms with Crippen LogP contribution in [0.15, 0.2) is 12.7 Å². The summed E-state index contributed by atoms with van der Waals surface area (Å²) in [7, 11) is 0. The second kappa shape index (κ2) is 6.66. The lowest BCUT2D eigenvalue weighted by Gasteiger charge is -2.38. The molecule has 0 aliphatic carbocycles. The molecule has 4 heteroatoms.